The highest BCUT2D eigenvalue weighted by atomic mass is 16.3. The molecule has 0 unspecified atom stereocenters. The third kappa shape index (κ3) is 4.65. The quantitative estimate of drug-likeness (QED) is 0.745. The van der Waals surface area contributed by atoms with E-state index in [4.69, 9.17) is 5.11 Å². The van der Waals surface area contributed by atoms with Gasteiger partial charge >= 0.3 is 6.03 Å². The lowest BCUT2D eigenvalue weighted by molar-refractivity contribution is 0.171. The maximum absolute atomic E-state index is 12.0. The van der Waals surface area contributed by atoms with E-state index in [0.29, 0.717) is 17.4 Å². The monoisotopic (exact) mass is 282 g/mol. The number of rotatable bonds is 3. The summed E-state index contributed by atoms with van der Waals surface area (Å²) in [6.07, 6.45) is 8.62. The molecule has 0 aromatic heterocycles. The van der Waals surface area contributed by atoms with E-state index in [2.05, 4.69) is 24.5 Å². The van der Waals surface area contributed by atoms with Gasteiger partial charge in [-0.15, -0.1) is 0 Å². The van der Waals surface area contributed by atoms with E-state index in [-0.39, 0.29) is 18.7 Å². The summed E-state index contributed by atoms with van der Waals surface area (Å²) in [5.41, 5.74) is 0.442. The highest BCUT2D eigenvalue weighted by Gasteiger charge is 2.28. The Hall–Kier alpha value is -0.770. The zero-order valence-electron chi connectivity index (χ0n) is 13.0. The molecule has 116 valence electrons. The fraction of sp³-hybridized carbons (Fsp3) is 0.938. The second-order valence-electron chi connectivity index (χ2n) is 7.46. The van der Waals surface area contributed by atoms with Gasteiger partial charge in [-0.05, 0) is 62.7 Å². The summed E-state index contributed by atoms with van der Waals surface area (Å²) in [7, 11) is 0. The fourth-order valence-electron chi connectivity index (χ4n) is 3.45. The van der Waals surface area contributed by atoms with Gasteiger partial charge < -0.3 is 15.7 Å². The summed E-state index contributed by atoms with van der Waals surface area (Å²) in [6, 6.07) is 0.636. The molecule has 0 aromatic carbocycles. The standard InChI is InChI=1S/C16H30N2O2/c1-16(2)9-7-14(8-10-16)18-15(20)17-13-5-3-12(11-19)4-6-13/h12-14,19H,3-11H2,1-2H3,(H2,17,18,20). The normalized spacial score (nSPS) is 30.8. The highest BCUT2D eigenvalue weighted by molar-refractivity contribution is 5.74. The first-order valence-electron chi connectivity index (χ1n) is 8.16. The van der Waals surface area contributed by atoms with Crippen LogP contribution in [-0.4, -0.2) is 29.8 Å². The first-order valence-corrected chi connectivity index (χ1v) is 8.16. The lowest BCUT2D eigenvalue weighted by atomic mass is 9.75. The molecule has 2 amide bonds. The lowest BCUT2D eigenvalue weighted by Gasteiger charge is -2.35. The Morgan fingerprint density at radius 3 is 2.00 bits per heavy atom. The Balaban J connectivity index is 1.66. The molecule has 20 heavy (non-hydrogen) atoms. The number of hydrogen-bond donors (Lipinski definition) is 3. The maximum atomic E-state index is 12.0. The molecular weight excluding hydrogens is 252 g/mol. The van der Waals surface area contributed by atoms with Crippen LogP contribution >= 0.6 is 0 Å². The van der Waals surface area contributed by atoms with Crippen LogP contribution in [0.3, 0.4) is 0 Å². The minimum absolute atomic E-state index is 0.00199. The summed E-state index contributed by atoms with van der Waals surface area (Å²) in [5.74, 6) is 0.441. The van der Waals surface area contributed by atoms with Crippen LogP contribution in [0.2, 0.25) is 0 Å². The molecule has 3 N–H and O–H groups in total. The Bertz CT molecular complexity index is 312. The number of carbonyl (C=O) groups excluding carboxylic acids is 1. The van der Waals surface area contributed by atoms with Crippen molar-refractivity contribution in [3.63, 3.8) is 0 Å². The summed E-state index contributed by atoms with van der Waals surface area (Å²) in [4.78, 5) is 12.0. The van der Waals surface area contributed by atoms with Gasteiger partial charge in [0.2, 0.25) is 0 Å². The van der Waals surface area contributed by atoms with E-state index < -0.39 is 0 Å². The van der Waals surface area contributed by atoms with Crippen LogP contribution in [0, 0.1) is 11.3 Å². The summed E-state index contributed by atoms with van der Waals surface area (Å²) in [6.45, 7) is 4.91. The third-order valence-electron chi connectivity index (χ3n) is 5.11. The molecule has 2 saturated carbocycles. The van der Waals surface area contributed by atoms with Gasteiger partial charge in [-0.1, -0.05) is 13.8 Å². The Morgan fingerprint density at radius 1 is 1.00 bits per heavy atom. The molecular formula is C16H30N2O2. The molecule has 0 saturated heterocycles. The second kappa shape index (κ2) is 6.79. The number of aliphatic hydroxyl groups excluding tert-OH is 1. The van der Waals surface area contributed by atoms with Crippen molar-refractivity contribution in [1.29, 1.82) is 0 Å². The van der Waals surface area contributed by atoms with Crippen LogP contribution < -0.4 is 10.6 Å². The van der Waals surface area contributed by atoms with Crippen molar-refractivity contribution in [2.45, 2.75) is 77.3 Å². The van der Waals surface area contributed by atoms with Gasteiger partial charge in [-0.2, -0.15) is 0 Å². The molecule has 0 atom stereocenters. The Labute approximate surface area is 122 Å². The number of carbonyl (C=O) groups is 1. The summed E-state index contributed by atoms with van der Waals surface area (Å²) in [5, 5.41) is 15.3. The van der Waals surface area contributed by atoms with E-state index in [1.807, 2.05) is 0 Å². The number of urea groups is 1. The van der Waals surface area contributed by atoms with Crippen molar-refractivity contribution in [3.05, 3.63) is 0 Å². The average molecular weight is 282 g/mol. The molecule has 2 rings (SSSR count). The van der Waals surface area contributed by atoms with Gasteiger partial charge in [0, 0.05) is 18.7 Å². The van der Waals surface area contributed by atoms with E-state index in [1.54, 1.807) is 0 Å². The topological polar surface area (TPSA) is 61.4 Å². The zero-order chi connectivity index (χ0) is 14.6. The maximum Gasteiger partial charge on any atom is 0.315 e. The Morgan fingerprint density at radius 2 is 1.50 bits per heavy atom. The van der Waals surface area contributed by atoms with Crippen molar-refractivity contribution in [2.24, 2.45) is 11.3 Å². The fourth-order valence-corrected chi connectivity index (χ4v) is 3.45. The molecule has 0 aromatic rings. The molecule has 0 aliphatic heterocycles. The van der Waals surface area contributed by atoms with Crippen molar-refractivity contribution < 1.29 is 9.90 Å². The SMILES string of the molecule is CC1(C)CCC(NC(=O)NC2CCC(CO)CC2)CC1. The predicted molar refractivity (Wildman–Crippen MR) is 80.5 cm³/mol. The summed E-state index contributed by atoms with van der Waals surface area (Å²) >= 11 is 0. The average Bonchev–Trinajstić information content (AvgIpc) is 2.42. The largest absolute Gasteiger partial charge is 0.396 e. The van der Waals surface area contributed by atoms with Gasteiger partial charge in [-0.3, -0.25) is 0 Å². The first-order chi connectivity index (χ1) is 9.48. The third-order valence-corrected chi connectivity index (χ3v) is 5.11. The van der Waals surface area contributed by atoms with Crippen LogP contribution in [0.5, 0.6) is 0 Å². The molecule has 4 nitrogen and oxygen atoms in total. The van der Waals surface area contributed by atoms with E-state index in [0.717, 1.165) is 38.5 Å². The van der Waals surface area contributed by atoms with Crippen LogP contribution in [0.1, 0.15) is 65.2 Å². The molecule has 4 heteroatoms. The van der Waals surface area contributed by atoms with E-state index >= 15 is 0 Å². The smallest absolute Gasteiger partial charge is 0.315 e. The molecule has 0 spiro atoms. The van der Waals surface area contributed by atoms with Crippen molar-refractivity contribution in [3.8, 4) is 0 Å². The van der Waals surface area contributed by atoms with Crippen LogP contribution in [0.25, 0.3) is 0 Å². The van der Waals surface area contributed by atoms with E-state index in [9.17, 15) is 4.79 Å². The van der Waals surface area contributed by atoms with Crippen molar-refractivity contribution in [1.82, 2.24) is 10.6 Å². The number of nitrogens with one attached hydrogen (secondary N) is 2. The zero-order valence-corrected chi connectivity index (χ0v) is 13.0. The minimum Gasteiger partial charge on any atom is -0.396 e. The van der Waals surface area contributed by atoms with Crippen LogP contribution in [0.4, 0.5) is 4.79 Å². The number of amides is 2. The minimum atomic E-state index is 0.00199. The van der Waals surface area contributed by atoms with Crippen molar-refractivity contribution in [2.75, 3.05) is 6.61 Å². The second-order valence-corrected chi connectivity index (χ2v) is 7.46. The van der Waals surface area contributed by atoms with E-state index in [1.165, 1.54) is 12.8 Å². The molecule has 0 heterocycles. The molecule has 2 aliphatic rings. The molecule has 2 aliphatic carbocycles. The van der Waals surface area contributed by atoms with Gasteiger partial charge in [0.05, 0.1) is 0 Å². The predicted octanol–water partition coefficient (Wildman–Crippen LogP) is 2.81. The number of hydrogen-bond acceptors (Lipinski definition) is 2. The summed E-state index contributed by atoms with van der Waals surface area (Å²) < 4.78 is 0. The lowest BCUT2D eigenvalue weighted by Crippen LogP contribution is -2.48. The van der Waals surface area contributed by atoms with Gasteiger partial charge in [0.25, 0.3) is 0 Å². The highest BCUT2D eigenvalue weighted by Crippen LogP contribution is 2.35. The molecule has 0 bridgehead atoms. The van der Waals surface area contributed by atoms with Gasteiger partial charge in [-0.25, -0.2) is 4.79 Å². The van der Waals surface area contributed by atoms with Crippen LogP contribution in [0.15, 0.2) is 0 Å². The van der Waals surface area contributed by atoms with Gasteiger partial charge in [0.15, 0.2) is 0 Å². The molecule has 2 fully saturated rings. The van der Waals surface area contributed by atoms with Gasteiger partial charge in [0.1, 0.15) is 0 Å². The Kier molecular flexibility index (Phi) is 5.30. The molecule has 0 radical (unpaired) electrons. The number of aliphatic hydroxyl groups is 1. The van der Waals surface area contributed by atoms with Crippen molar-refractivity contribution >= 4 is 6.03 Å². The van der Waals surface area contributed by atoms with Crippen LogP contribution in [-0.2, 0) is 0 Å². The first kappa shape index (κ1) is 15.6.